The minimum Gasteiger partial charge on any atom is -0.368 e. The molecule has 1 N–H and O–H groups in total. The van der Waals surface area contributed by atoms with Crippen LogP contribution in [0, 0.1) is 0 Å². The molecular weight excluding hydrogens is 463 g/mol. The zero-order chi connectivity index (χ0) is 23.1. The summed E-state index contributed by atoms with van der Waals surface area (Å²) in [5, 5.41) is 3.64. The van der Waals surface area contributed by atoms with Crippen molar-refractivity contribution in [3.8, 4) is 0 Å². The van der Waals surface area contributed by atoms with E-state index >= 15 is 0 Å². The predicted octanol–water partition coefficient (Wildman–Crippen LogP) is 3.08. The lowest BCUT2D eigenvalue weighted by Gasteiger charge is -2.36. The molecule has 3 amide bonds. The molecule has 0 aliphatic carbocycles. The van der Waals surface area contributed by atoms with Gasteiger partial charge in [0.1, 0.15) is 6.04 Å². The highest BCUT2D eigenvalue weighted by Crippen LogP contribution is 2.31. The molecule has 1 unspecified atom stereocenters. The molecule has 2 aromatic carbocycles. The molecule has 3 heterocycles. The van der Waals surface area contributed by atoms with Gasteiger partial charge in [0, 0.05) is 56.3 Å². The Morgan fingerprint density at radius 2 is 1.76 bits per heavy atom. The molecule has 0 bridgehead atoms. The molecule has 2 saturated heterocycles. The molecule has 1 atom stereocenters. The van der Waals surface area contributed by atoms with Gasteiger partial charge in [-0.15, -0.1) is 0 Å². The van der Waals surface area contributed by atoms with Gasteiger partial charge in [-0.2, -0.15) is 0 Å². The van der Waals surface area contributed by atoms with Crippen molar-refractivity contribution in [1.82, 2.24) is 15.1 Å². The topological polar surface area (TPSA) is 73.0 Å². The van der Waals surface area contributed by atoms with Gasteiger partial charge in [-0.05, 0) is 41.8 Å². The molecule has 0 aromatic heterocycles. The van der Waals surface area contributed by atoms with Crippen LogP contribution in [-0.4, -0.2) is 59.7 Å². The van der Waals surface area contributed by atoms with Gasteiger partial charge in [0.15, 0.2) is 0 Å². The van der Waals surface area contributed by atoms with Crippen molar-refractivity contribution >= 4 is 46.6 Å². The van der Waals surface area contributed by atoms with Crippen molar-refractivity contribution in [2.45, 2.75) is 32.0 Å². The third kappa shape index (κ3) is 4.45. The van der Waals surface area contributed by atoms with Crippen LogP contribution in [0.5, 0.6) is 0 Å². The fourth-order valence-electron chi connectivity index (χ4n) is 4.87. The van der Waals surface area contributed by atoms with E-state index in [1.54, 1.807) is 11.0 Å². The lowest BCUT2D eigenvalue weighted by atomic mass is 10.0. The van der Waals surface area contributed by atoms with E-state index in [1.807, 2.05) is 24.3 Å². The van der Waals surface area contributed by atoms with Gasteiger partial charge in [-0.25, -0.2) is 0 Å². The Hall–Kier alpha value is -2.61. The second-order valence-electron chi connectivity index (χ2n) is 8.75. The highest BCUT2D eigenvalue weighted by Gasteiger charge is 2.39. The van der Waals surface area contributed by atoms with Crippen molar-refractivity contribution < 1.29 is 14.4 Å². The monoisotopic (exact) mass is 486 g/mol. The number of piperazine rings is 1. The summed E-state index contributed by atoms with van der Waals surface area (Å²) < 4.78 is 0. The van der Waals surface area contributed by atoms with E-state index in [0.29, 0.717) is 28.6 Å². The summed E-state index contributed by atoms with van der Waals surface area (Å²) in [6, 6.07) is 10.9. The lowest BCUT2D eigenvalue weighted by molar-refractivity contribution is -0.136. The number of carbonyl (C=O) groups is 3. The first kappa shape index (κ1) is 22.2. The summed E-state index contributed by atoms with van der Waals surface area (Å²) >= 11 is 12.4. The summed E-state index contributed by atoms with van der Waals surface area (Å²) in [7, 11) is 0. The highest BCUT2D eigenvalue weighted by molar-refractivity contribution is 6.36. The molecule has 3 aliphatic heterocycles. The van der Waals surface area contributed by atoms with Crippen LogP contribution in [0.25, 0.3) is 0 Å². The number of hydrogen-bond donors (Lipinski definition) is 1. The van der Waals surface area contributed by atoms with Crippen LogP contribution in [0.1, 0.15) is 34.3 Å². The number of imide groups is 1. The van der Waals surface area contributed by atoms with Crippen LogP contribution in [0.15, 0.2) is 36.4 Å². The fourth-order valence-corrected chi connectivity index (χ4v) is 5.40. The third-order valence-corrected chi connectivity index (χ3v) is 7.15. The largest absolute Gasteiger partial charge is 0.368 e. The van der Waals surface area contributed by atoms with Gasteiger partial charge >= 0.3 is 0 Å². The maximum Gasteiger partial charge on any atom is 0.255 e. The quantitative estimate of drug-likeness (QED) is 0.672. The Labute approximate surface area is 202 Å². The third-order valence-electron chi connectivity index (χ3n) is 6.62. The summed E-state index contributed by atoms with van der Waals surface area (Å²) in [6.07, 6.45) is 0.633. The number of fused-ring (bicyclic) bond motifs is 1. The first-order chi connectivity index (χ1) is 15.9. The number of benzene rings is 2. The summed E-state index contributed by atoms with van der Waals surface area (Å²) in [6.45, 7) is 4.73. The predicted molar refractivity (Wildman–Crippen MR) is 126 cm³/mol. The van der Waals surface area contributed by atoms with E-state index in [-0.39, 0.29) is 24.1 Å². The van der Waals surface area contributed by atoms with Crippen LogP contribution in [0.4, 0.5) is 5.69 Å². The average Bonchev–Trinajstić information content (AvgIpc) is 3.10. The van der Waals surface area contributed by atoms with E-state index in [2.05, 4.69) is 21.2 Å². The number of piperidine rings is 1. The van der Waals surface area contributed by atoms with Gasteiger partial charge in [0.2, 0.25) is 11.8 Å². The van der Waals surface area contributed by atoms with Crippen LogP contribution in [0.2, 0.25) is 10.0 Å². The number of carbonyl (C=O) groups excluding carboxylic acids is 3. The smallest absolute Gasteiger partial charge is 0.255 e. The SMILES string of the molecule is O=C1CCC(N2Cc3cc(CN4CCN(c5ccc(Cl)cc5Cl)CC4)ccc3C2=O)C(=O)N1. The maximum absolute atomic E-state index is 12.9. The molecule has 33 heavy (non-hydrogen) atoms. The molecule has 0 saturated carbocycles. The second-order valence-corrected chi connectivity index (χ2v) is 9.59. The molecule has 2 aromatic rings. The molecule has 7 nitrogen and oxygen atoms in total. The first-order valence-corrected chi connectivity index (χ1v) is 11.8. The van der Waals surface area contributed by atoms with Gasteiger partial charge in [-0.1, -0.05) is 35.3 Å². The Morgan fingerprint density at radius 1 is 0.970 bits per heavy atom. The maximum atomic E-state index is 12.9. The molecular formula is C24H24Cl2N4O3. The summed E-state index contributed by atoms with van der Waals surface area (Å²) in [5.74, 6) is -0.799. The van der Waals surface area contributed by atoms with Crippen molar-refractivity contribution in [2.75, 3.05) is 31.1 Å². The molecule has 2 fully saturated rings. The van der Waals surface area contributed by atoms with E-state index in [1.165, 1.54) is 0 Å². The number of anilines is 1. The van der Waals surface area contributed by atoms with E-state index in [9.17, 15) is 14.4 Å². The van der Waals surface area contributed by atoms with Crippen LogP contribution in [-0.2, 0) is 22.7 Å². The van der Waals surface area contributed by atoms with Gasteiger partial charge in [-0.3, -0.25) is 24.6 Å². The Bertz CT molecular complexity index is 1130. The van der Waals surface area contributed by atoms with Crippen molar-refractivity contribution in [3.63, 3.8) is 0 Å². The van der Waals surface area contributed by atoms with Crippen LogP contribution >= 0.6 is 23.2 Å². The zero-order valence-electron chi connectivity index (χ0n) is 18.0. The first-order valence-electron chi connectivity index (χ1n) is 11.1. The van der Waals surface area contributed by atoms with Gasteiger partial charge < -0.3 is 9.80 Å². The Kier molecular flexibility index (Phi) is 6.03. The summed E-state index contributed by atoms with van der Waals surface area (Å²) in [4.78, 5) is 42.8. The van der Waals surface area contributed by atoms with Crippen molar-refractivity contribution in [3.05, 3.63) is 63.1 Å². The fraction of sp³-hybridized carbons (Fsp3) is 0.375. The molecule has 0 spiro atoms. The van der Waals surface area contributed by atoms with Crippen molar-refractivity contribution in [1.29, 1.82) is 0 Å². The number of nitrogens with zero attached hydrogens (tertiary/aromatic N) is 3. The molecule has 172 valence electrons. The minimum atomic E-state index is -0.584. The number of nitrogens with one attached hydrogen (secondary N) is 1. The van der Waals surface area contributed by atoms with Crippen molar-refractivity contribution in [2.24, 2.45) is 0 Å². The van der Waals surface area contributed by atoms with E-state index in [4.69, 9.17) is 23.2 Å². The molecule has 5 rings (SSSR count). The van der Waals surface area contributed by atoms with Gasteiger partial charge in [0.05, 0.1) is 10.7 Å². The van der Waals surface area contributed by atoms with Crippen LogP contribution in [0.3, 0.4) is 0 Å². The number of rotatable bonds is 4. The van der Waals surface area contributed by atoms with Gasteiger partial charge in [0.25, 0.3) is 5.91 Å². The van der Waals surface area contributed by atoms with Crippen LogP contribution < -0.4 is 10.2 Å². The molecule has 9 heteroatoms. The second kappa shape index (κ2) is 8.97. The number of halogens is 2. The summed E-state index contributed by atoms with van der Waals surface area (Å²) in [5.41, 5.74) is 3.73. The normalized spacial score (nSPS) is 21.4. The Balaban J connectivity index is 1.21. The highest BCUT2D eigenvalue weighted by atomic mass is 35.5. The zero-order valence-corrected chi connectivity index (χ0v) is 19.5. The minimum absolute atomic E-state index is 0.139. The average molecular weight is 487 g/mol. The standard InChI is InChI=1S/C24H24Cl2N4O3/c25-17-2-4-20(19(26)12-17)29-9-7-28(8-10-29)13-15-1-3-18-16(11-15)14-30(24(18)33)21-5-6-22(31)27-23(21)32/h1-4,11-12,21H,5-10,13-14H2,(H,27,31,32). The van der Waals surface area contributed by atoms with E-state index < -0.39 is 6.04 Å². The Morgan fingerprint density at radius 3 is 2.48 bits per heavy atom. The lowest BCUT2D eigenvalue weighted by Crippen LogP contribution is -2.52. The molecule has 3 aliphatic rings. The number of hydrogen-bond acceptors (Lipinski definition) is 5. The number of amides is 3. The molecule has 0 radical (unpaired) electrons. The van der Waals surface area contributed by atoms with E-state index in [0.717, 1.165) is 49.5 Å².